The van der Waals surface area contributed by atoms with E-state index < -0.39 is 5.91 Å². The first-order chi connectivity index (χ1) is 11.6. The number of primary amides is 1. The summed E-state index contributed by atoms with van der Waals surface area (Å²) in [7, 11) is 0. The highest BCUT2D eigenvalue weighted by molar-refractivity contribution is 5.96. The van der Waals surface area contributed by atoms with E-state index in [2.05, 4.69) is 5.32 Å². The van der Waals surface area contributed by atoms with Gasteiger partial charge in [0.25, 0.3) is 0 Å². The van der Waals surface area contributed by atoms with Crippen LogP contribution in [0, 0.1) is 0 Å². The van der Waals surface area contributed by atoms with Crippen LogP contribution in [0.1, 0.15) is 23.7 Å². The highest BCUT2D eigenvalue weighted by atomic mass is 16.5. The molecule has 0 unspecified atom stereocenters. The van der Waals surface area contributed by atoms with Gasteiger partial charge in [0.1, 0.15) is 0 Å². The second-order valence-corrected chi connectivity index (χ2v) is 4.97. The van der Waals surface area contributed by atoms with Crippen LogP contribution in [0.15, 0.2) is 48.5 Å². The third-order valence-corrected chi connectivity index (χ3v) is 3.17. The van der Waals surface area contributed by atoms with Gasteiger partial charge in [0.05, 0.1) is 19.6 Å². The van der Waals surface area contributed by atoms with E-state index in [4.69, 9.17) is 15.2 Å². The lowest BCUT2D eigenvalue weighted by molar-refractivity contribution is -0.116. The monoisotopic (exact) mass is 328 g/mol. The molecule has 0 saturated carbocycles. The van der Waals surface area contributed by atoms with Crippen molar-refractivity contribution < 1.29 is 19.1 Å². The Bertz CT molecular complexity index is 716. The van der Waals surface area contributed by atoms with Crippen LogP contribution in [-0.2, 0) is 4.79 Å². The maximum Gasteiger partial charge on any atom is 0.248 e. The number of nitrogens with two attached hydrogens (primary N) is 1. The van der Waals surface area contributed by atoms with Gasteiger partial charge < -0.3 is 20.5 Å². The van der Waals surface area contributed by atoms with Gasteiger partial charge in [0, 0.05) is 11.3 Å². The van der Waals surface area contributed by atoms with Crippen molar-refractivity contribution >= 4 is 17.5 Å². The lowest BCUT2D eigenvalue weighted by Crippen LogP contribution is -2.16. The predicted molar refractivity (Wildman–Crippen MR) is 91.3 cm³/mol. The van der Waals surface area contributed by atoms with Crippen molar-refractivity contribution in [3.05, 3.63) is 54.1 Å². The molecule has 24 heavy (non-hydrogen) atoms. The molecule has 0 radical (unpaired) electrons. The molecule has 6 nitrogen and oxygen atoms in total. The predicted octanol–water partition coefficient (Wildman–Crippen LogP) is 2.59. The van der Waals surface area contributed by atoms with Crippen LogP contribution in [0.4, 0.5) is 5.69 Å². The van der Waals surface area contributed by atoms with E-state index in [1.807, 2.05) is 25.1 Å². The molecule has 0 saturated heterocycles. The lowest BCUT2D eigenvalue weighted by atomic mass is 10.2. The molecule has 126 valence electrons. The van der Waals surface area contributed by atoms with Crippen molar-refractivity contribution in [2.45, 2.75) is 13.3 Å². The zero-order valence-electron chi connectivity index (χ0n) is 13.5. The summed E-state index contributed by atoms with van der Waals surface area (Å²) in [4.78, 5) is 23.1. The Kier molecular flexibility index (Phi) is 6.19. The quantitative estimate of drug-likeness (QED) is 0.779. The fourth-order valence-corrected chi connectivity index (χ4v) is 2.07. The minimum Gasteiger partial charge on any atom is -0.490 e. The summed E-state index contributed by atoms with van der Waals surface area (Å²) in [5.74, 6) is 0.491. The molecule has 0 atom stereocenters. The number of hydrogen-bond donors (Lipinski definition) is 2. The average Bonchev–Trinajstić information content (AvgIpc) is 2.57. The van der Waals surface area contributed by atoms with Crippen molar-refractivity contribution in [3.8, 4) is 11.5 Å². The Morgan fingerprint density at radius 2 is 1.75 bits per heavy atom. The van der Waals surface area contributed by atoms with Crippen molar-refractivity contribution in [3.63, 3.8) is 0 Å². The first-order valence-corrected chi connectivity index (χ1v) is 7.64. The fraction of sp³-hybridized carbons (Fsp3) is 0.222. The number of amides is 2. The van der Waals surface area contributed by atoms with Crippen molar-refractivity contribution in [2.75, 3.05) is 18.5 Å². The van der Waals surface area contributed by atoms with Crippen LogP contribution in [0.5, 0.6) is 11.5 Å². The summed E-state index contributed by atoms with van der Waals surface area (Å²) >= 11 is 0. The average molecular weight is 328 g/mol. The Morgan fingerprint density at radius 1 is 1.04 bits per heavy atom. The number of hydrogen-bond acceptors (Lipinski definition) is 4. The summed E-state index contributed by atoms with van der Waals surface area (Å²) < 4.78 is 11.1. The first-order valence-electron chi connectivity index (χ1n) is 7.64. The Labute approximate surface area is 140 Å². The van der Waals surface area contributed by atoms with Gasteiger partial charge in [-0.3, -0.25) is 9.59 Å². The summed E-state index contributed by atoms with van der Waals surface area (Å²) in [5, 5.41) is 2.71. The highest BCUT2D eigenvalue weighted by Crippen LogP contribution is 2.26. The summed E-state index contributed by atoms with van der Waals surface area (Å²) in [5.41, 5.74) is 6.08. The van der Waals surface area contributed by atoms with Crippen molar-refractivity contribution in [2.24, 2.45) is 5.73 Å². The summed E-state index contributed by atoms with van der Waals surface area (Å²) in [6.07, 6.45) is 0.168. The van der Waals surface area contributed by atoms with Crippen molar-refractivity contribution in [1.29, 1.82) is 0 Å². The van der Waals surface area contributed by atoms with Crippen LogP contribution < -0.4 is 20.5 Å². The van der Waals surface area contributed by atoms with Crippen LogP contribution >= 0.6 is 0 Å². The molecular formula is C18H20N2O4. The molecule has 0 aliphatic heterocycles. The van der Waals surface area contributed by atoms with Crippen LogP contribution in [0.3, 0.4) is 0 Å². The van der Waals surface area contributed by atoms with Crippen molar-refractivity contribution in [1.82, 2.24) is 0 Å². The van der Waals surface area contributed by atoms with Crippen LogP contribution in [0.2, 0.25) is 0 Å². The molecule has 0 aliphatic rings. The van der Waals surface area contributed by atoms with Gasteiger partial charge in [-0.05, 0) is 37.3 Å². The van der Waals surface area contributed by atoms with E-state index in [1.165, 1.54) is 6.07 Å². The Balaban J connectivity index is 1.86. The van der Waals surface area contributed by atoms with Gasteiger partial charge in [-0.2, -0.15) is 0 Å². The van der Waals surface area contributed by atoms with Gasteiger partial charge >= 0.3 is 0 Å². The zero-order chi connectivity index (χ0) is 17.4. The van der Waals surface area contributed by atoms with Gasteiger partial charge in [-0.25, -0.2) is 0 Å². The number of rotatable bonds is 8. The number of carbonyl (C=O) groups is 2. The van der Waals surface area contributed by atoms with Gasteiger partial charge in [-0.1, -0.05) is 18.2 Å². The molecule has 0 spiro atoms. The number of nitrogens with one attached hydrogen (secondary N) is 1. The molecule has 0 heterocycles. The molecular weight excluding hydrogens is 308 g/mol. The number of carbonyl (C=O) groups excluding carboxylic acids is 2. The second kappa shape index (κ2) is 8.57. The van der Waals surface area contributed by atoms with E-state index in [0.717, 1.165) is 0 Å². The van der Waals surface area contributed by atoms with E-state index in [9.17, 15) is 9.59 Å². The smallest absolute Gasteiger partial charge is 0.248 e. The van der Waals surface area contributed by atoms with E-state index >= 15 is 0 Å². The van der Waals surface area contributed by atoms with Crippen LogP contribution in [0.25, 0.3) is 0 Å². The standard InChI is InChI=1S/C18H20N2O4/c1-2-23-15-8-3-4-9-16(15)24-11-10-17(21)20-14-7-5-6-13(12-14)18(19)22/h3-9,12H,2,10-11H2,1H3,(H2,19,22)(H,20,21). The summed E-state index contributed by atoms with van der Waals surface area (Å²) in [6, 6.07) is 13.8. The van der Waals surface area contributed by atoms with E-state index in [-0.39, 0.29) is 18.9 Å². The SMILES string of the molecule is CCOc1ccccc1OCCC(=O)Nc1cccc(C(N)=O)c1. The second-order valence-electron chi connectivity index (χ2n) is 4.97. The fourth-order valence-electron chi connectivity index (χ4n) is 2.07. The molecule has 2 aromatic rings. The normalized spacial score (nSPS) is 10.0. The molecule has 0 fully saturated rings. The number of para-hydroxylation sites is 2. The third-order valence-electron chi connectivity index (χ3n) is 3.17. The molecule has 0 aliphatic carbocycles. The maximum absolute atomic E-state index is 12.0. The van der Waals surface area contributed by atoms with E-state index in [0.29, 0.717) is 29.4 Å². The van der Waals surface area contributed by atoms with Gasteiger partial charge in [0.2, 0.25) is 11.8 Å². The Hall–Kier alpha value is -3.02. The third kappa shape index (κ3) is 5.01. The molecule has 2 rings (SSSR count). The number of ether oxygens (including phenoxy) is 2. The lowest BCUT2D eigenvalue weighted by Gasteiger charge is -2.11. The molecule has 2 amide bonds. The molecule has 3 N–H and O–H groups in total. The van der Waals surface area contributed by atoms with Gasteiger partial charge in [-0.15, -0.1) is 0 Å². The molecule has 0 aromatic heterocycles. The maximum atomic E-state index is 12.0. The minimum atomic E-state index is -0.540. The first kappa shape index (κ1) is 17.3. The number of benzene rings is 2. The summed E-state index contributed by atoms with van der Waals surface area (Å²) in [6.45, 7) is 2.65. The zero-order valence-corrected chi connectivity index (χ0v) is 13.5. The number of anilines is 1. The highest BCUT2D eigenvalue weighted by Gasteiger charge is 2.07. The minimum absolute atomic E-state index is 0.168. The molecule has 0 bridgehead atoms. The Morgan fingerprint density at radius 3 is 2.42 bits per heavy atom. The van der Waals surface area contributed by atoms with E-state index in [1.54, 1.807) is 24.3 Å². The molecule has 6 heteroatoms. The molecule has 2 aromatic carbocycles. The van der Waals surface area contributed by atoms with Crippen LogP contribution in [-0.4, -0.2) is 25.0 Å². The topological polar surface area (TPSA) is 90.7 Å². The van der Waals surface area contributed by atoms with Gasteiger partial charge in [0.15, 0.2) is 11.5 Å². The largest absolute Gasteiger partial charge is 0.490 e.